The van der Waals surface area contributed by atoms with Crippen LogP contribution in [0.15, 0.2) is 16.9 Å². The largest absolute Gasteiger partial charge is 0.337 e. The molecule has 0 fully saturated rings. The molecule has 2 heterocycles. The first-order valence-electron chi connectivity index (χ1n) is 5.15. The molecule has 16 heavy (non-hydrogen) atoms. The maximum absolute atomic E-state index is 6.02. The van der Waals surface area contributed by atoms with Crippen molar-refractivity contribution in [3.05, 3.63) is 18.3 Å². The van der Waals surface area contributed by atoms with Crippen molar-refractivity contribution in [3.63, 3.8) is 0 Å². The third-order valence-corrected chi connectivity index (χ3v) is 2.67. The average Bonchev–Trinajstić information content (AvgIpc) is 2.85. The van der Waals surface area contributed by atoms with Crippen LogP contribution in [0.1, 0.15) is 26.2 Å². The first-order chi connectivity index (χ1) is 7.54. The van der Waals surface area contributed by atoms with E-state index >= 15 is 0 Å². The van der Waals surface area contributed by atoms with Crippen molar-refractivity contribution >= 4 is 0 Å². The molecule has 0 saturated heterocycles. The van der Waals surface area contributed by atoms with Crippen LogP contribution in [0.4, 0.5) is 0 Å². The highest BCUT2D eigenvalue weighted by Crippen LogP contribution is 2.21. The Kier molecular flexibility index (Phi) is 2.51. The normalized spacial score (nSPS) is 15.0. The SMILES string of the molecule is CCC(C)(N)c1nc(-c2nccn2C)no1. The molecule has 6 heteroatoms. The van der Waals surface area contributed by atoms with Crippen molar-refractivity contribution in [2.45, 2.75) is 25.8 Å². The van der Waals surface area contributed by atoms with Crippen LogP contribution in [0.5, 0.6) is 0 Å². The number of nitrogens with two attached hydrogens (primary N) is 1. The zero-order valence-corrected chi connectivity index (χ0v) is 9.64. The van der Waals surface area contributed by atoms with E-state index in [1.54, 1.807) is 6.20 Å². The second-order valence-corrected chi connectivity index (χ2v) is 4.06. The number of hydrogen-bond acceptors (Lipinski definition) is 5. The molecule has 2 aromatic rings. The van der Waals surface area contributed by atoms with Gasteiger partial charge in [0.1, 0.15) is 0 Å². The lowest BCUT2D eigenvalue weighted by molar-refractivity contribution is 0.291. The Morgan fingerprint density at radius 2 is 2.31 bits per heavy atom. The fourth-order valence-corrected chi connectivity index (χ4v) is 1.28. The Morgan fingerprint density at radius 1 is 1.56 bits per heavy atom. The second kappa shape index (κ2) is 3.71. The topological polar surface area (TPSA) is 82.8 Å². The number of rotatable bonds is 3. The second-order valence-electron chi connectivity index (χ2n) is 4.06. The van der Waals surface area contributed by atoms with Crippen molar-refractivity contribution in [3.8, 4) is 11.6 Å². The lowest BCUT2D eigenvalue weighted by Gasteiger charge is -2.16. The van der Waals surface area contributed by atoms with E-state index in [9.17, 15) is 0 Å². The van der Waals surface area contributed by atoms with Gasteiger partial charge in [0, 0.05) is 19.4 Å². The molecule has 0 saturated carbocycles. The predicted molar refractivity (Wildman–Crippen MR) is 58.3 cm³/mol. The molecule has 0 aliphatic rings. The smallest absolute Gasteiger partial charge is 0.246 e. The lowest BCUT2D eigenvalue weighted by Crippen LogP contribution is -2.32. The molecule has 6 nitrogen and oxygen atoms in total. The van der Waals surface area contributed by atoms with E-state index in [-0.39, 0.29) is 0 Å². The highest BCUT2D eigenvalue weighted by atomic mass is 16.5. The van der Waals surface area contributed by atoms with Crippen LogP contribution < -0.4 is 5.73 Å². The Morgan fingerprint density at radius 3 is 2.88 bits per heavy atom. The summed E-state index contributed by atoms with van der Waals surface area (Å²) in [6.07, 6.45) is 4.24. The van der Waals surface area contributed by atoms with Gasteiger partial charge in [0.25, 0.3) is 0 Å². The fraction of sp³-hybridized carbons (Fsp3) is 0.500. The average molecular weight is 221 g/mol. The van der Waals surface area contributed by atoms with Gasteiger partial charge in [-0.15, -0.1) is 0 Å². The first-order valence-corrected chi connectivity index (χ1v) is 5.15. The molecule has 0 aliphatic carbocycles. The number of hydrogen-bond donors (Lipinski definition) is 1. The van der Waals surface area contributed by atoms with Gasteiger partial charge in [-0.2, -0.15) is 4.98 Å². The summed E-state index contributed by atoms with van der Waals surface area (Å²) < 4.78 is 6.99. The van der Waals surface area contributed by atoms with E-state index in [4.69, 9.17) is 10.3 Å². The Bertz CT molecular complexity index is 485. The molecule has 0 amide bonds. The van der Waals surface area contributed by atoms with Crippen LogP contribution in [-0.2, 0) is 12.6 Å². The van der Waals surface area contributed by atoms with Gasteiger partial charge in [0.15, 0.2) is 5.82 Å². The van der Waals surface area contributed by atoms with Gasteiger partial charge in [0.2, 0.25) is 11.7 Å². The summed E-state index contributed by atoms with van der Waals surface area (Å²) in [5.74, 6) is 1.57. The number of imidazole rings is 1. The molecule has 2 N–H and O–H groups in total. The molecule has 1 atom stereocenters. The van der Waals surface area contributed by atoms with Crippen molar-refractivity contribution < 1.29 is 4.52 Å². The van der Waals surface area contributed by atoms with Crippen molar-refractivity contribution in [2.75, 3.05) is 0 Å². The fourth-order valence-electron chi connectivity index (χ4n) is 1.28. The monoisotopic (exact) mass is 221 g/mol. The third kappa shape index (κ3) is 1.71. The maximum Gasteiger partial charge on any atom is 0.246 e. The van der Waals surface area contributed by atoms with Gasteiger partial charge in [0.05, 0.1) is 5.54 Å². The highest BCUT2D eigenvalue weighted by Gasteiger charge is 2.27. The van der Waals surface area contributed by atoms with E-state index < -0.39 is 5.54 Å². The molecule has 2 rings (SSSR count). The lowest BCUT2D eigenvalue weighted by atomic mass is 10.0. The quantitative estimate of drug-likeness (QED) is 0.837. The molecule has 0 aliphatic heterocycles. The van der Waals surface area contributed by atoms with Gasteiger partial charge < -0.3 is 14.8 Å². The minimum absolute atomic E-state index is 0.438. The van der Waals surface area contributed by atoms with E-state index in [0.717, 1.165) is 6.42 Å². The van der Waals surface area contributed by atoms with Crippen LogP contribution >= 0.6 is 0 Å². The standard InChI is InChI=1S/C10H15N5O/c1-4-10(2,11)9-13-7(14-16-9)8-12-5-6-15(8)3/h5-6H,4,11H2,1-3H3. The van der Waals surface area contributed by atoms with Crippen LogP contribution in [-0.4, -0.2) is 19.7 Å². The Hall–Kier alpha value is -1.69. The minimum atomic E-state index is -0.587. The minimum Gasteiger partial charge on any atom is -0.337 e. The van der Waals surface area contributed by atoms with Crippen LogP contribution in [0.3, 0.4) is 0 Å². The molecule has 1 unspecified atom stereocenters. The van der Waals surface area contributed by atoms with Crippen molar-refractivity contribution in [1.82, 2.24) is 19.7 Å². The maximum atomic E-state index is 6.02. The summed E-state index contributed by atoms with van der Waals surface area (Å²) in [4.78, 5) is 8.41. The van der Waals surface area contributed by atoms with Gasteiger partial charge >= 0.3 is 0 Å². The first kappa shape index (κ1) is 10.8. The molecular weight excluding hydrogens is 206 g/mol. The summed E-state index contributed by atoms with van der Waals surface area (Å²) >= 11 is 0. The zero-order valence-electron chi connectivity index (χ0n) is 9.64. The molecule has 0 radical (unpaired) electrons. The van der Waals surface area contributed by atoms with E-state index in [2.05, 4.69) is 15.1 Å². The number of aromatic nitrogens is 4. The summed E-state index contributed by atoms with van der Waals surface area (Å²) in [6, 6.07) is 0. The summed E-state index contributed by atoms with van der Waals surface area (Å²) in [5, 5.41) is 3.88. The van der Waals surface area contributed by atoms with Crippen molar-refractivity contribution in [2.24, 2.45) is 12.8 Å². The van der Waals surface area contributed by atoms with Gasteiger partial charge in [-0.1, -0.05) is 12.1 Å². The van der Waals surface area contributed by atoms with E-state index in [1.807, 2.05) is 31.7 Å². The van der Waals surface area contributed by atoms with Gasteiger partial charge in [-0.3, -0.25) is 0 Å². The third-order valence-electron chi connectivity index (χ3n) is 2.67. The predicted octanol–water partition coefficient (Wildman–Crippen LogP) is 1.05. The van der Waals surface area contributed by atoms with Gasteiger partial charge in [-0.05, 0) is 13.3 Å². The summed E-state index contributed by atoms with van der Waals surface area (Å²) in [5.41, 5.74) is 5.43. The molecule has 0 bridgehead atoms. The highest BCUT2D eigenvalue weighted by molar-refractivity contribution is 5.42. The molecule has 0 spiro atoms. The molecule has 2 aromatic heterocycles. The number of aryl methyl sites for hydroxylation is 1. The van der Waals surface area contributed by atoms with Gasteiger partial charge in [-0.25, -0.2) is 4.98 Å². The number of nitrogens with zero attached hydrogens (tertiary/aromatic N) is 4. The Balaban J connectivity index is 2.37. The van der Waals surface area contributed by atoms with Crippen LogP contribution in [0, 0.1) is 0 Å². The zero-order chi connectivity index (χ0) is 11.8. The summed E-state index contributed by atoms with van der Waals surface area (Å²) in [7, 11) is 1.87. The van der Waals surface area contributed by atoms with Crippen molar-refractivity contribution in [1.29, 1.82) is 0 Å². The molecular formula is C10H15N5O. The van der Waals surface area contributed by atoms with E-state index in [1.165, 1.54) is 0 Å². The Labute approximate surface area is 93.5 Å². The molecule has 86 valence electrons. The van der Waals surface area contributed by atoms with Crippen LogP contribution in [0.25, 0.3) is 11.6 Å². The van der Waals surface area contributed by atoms with E-state index in [0.29, 0.717) is 17.5 Å². The summed E-state index contributed by atoms with van der Waals surface area (Å²) in [6.45, 7) is 3.84. The molecule has 0 aromatic carbocycles. The van der Waals surface area contributed by atoms with Crippen LogP contribution in [0.2, 0.25) is 0 Å².